The Morgan fingerprint density at radius 3 is 2.79 bits per heavy atom. The zero-order valence-corrected chi connectivity index (χ0v) is 9.00. The lowest BCUT2D eigenvalue weighted by Gasteiger charge is -2.29. The molecule has 2 nitrogen and oxygen atoms in total. The van der Waals surface area contributed by atoms with Crippen molar-refractivity contribution in [3.05, 3.63) is 23.9 Å². The molecule has 0 aromatic carbocycles. The highest BCUT2D eigenvalue weighted by Gasteiger charge is 2.14. The number of anilines is 1. The molecule has 0 atom stereocenters. The molecule has 1 aromatic rings. The van der Waals surface area contributed by atoms with E-state index in [1.165, 1.54) is 19.3 Å². The summed E-state index contributed by atoms with van der Waals surface area (Å²) in [5, 5.41) is 0. The number of pyridine rings is 1. The highest BCUT2D eigenvalue weighted by atomic mass is 35.5. The van der Waals surface area contributed by atoms with E-state index in [4.69, 9.17) is 11.6 Å². The van der Waals surface area contributed by atoms with E-state index < -0.39 is 0 Å². The van der Waals surface area contributed by atoms with Crippen molar-refractivity contribution in [3.8, 4) is 0 Å². The molecule has 1 aliphatic rings. The van der Waals surface area contributed by atoms with Crippen molar-refractivity contribution in [3.63, 3.8) is 0 Å². The van der Waals surface area contributed by atoms with Gasteiger partial charge in [0.05, 0.1) is 5.88 Å². The van der Waals surface area contributed by atoms with Crippen LogP contribution in [0.1, 0.15) is 24.8 Å². The van der Waals surface area contributed by atoms with Crippen LogP contribution < -0.4 is 4.90 Å². The number of hydrogen-bond acceptors (Lipinski definition) is 2. The minimum Gasteiger partial charge on any atom is -0.356 e. The lowest BCUT2D eigenvalue weighted by atomic mass is 10.1. The summed E-state index contributed by atoms with van der Waals surface area (Å²) in [4.78, 5) is 6.76. The van der Waals surface area contributed by atoms with Gasteiger partial charge in [0.1, 0.15) is 5.82 Å². The van der Waals surface area contributed by atoms with Crippen LogP contribution in [0.5, 0.6) is 0 Å². The highest BCUT2D eigenvalue weighted by Crippen LogP contribution is 2.22. The van der Waals surface area contributed by atoms with E-state index in [1.54, 1.807) is 0 Å². The standard InChI is InChI=1S/C11H15ClN2/c12-9-10-5-4-6-13-11(10)14-7-2-1-3-8-14/h4-6H,1-3,7-9H2. The first-order valence-electron chi connectivity index (χ1n) is 5.16. The van der Waals surface area contributed by atoms with E-state index in [0.717, 1.165) is 24.5 Å². The first-order valence-corrected chi connectivity index (χ1v) is 5.70. The van der Waals surface area contributed by atoms with Gasteiger partial charge in [-0.1, -0.05) is 6.07 Å². The van der Waals surface area contributed by atoms with Crippen LogP contribution in [-0.2, 0) is 5.88 Å². The lowest BCUT2D eigenvalue weighted by molar-refractivity contribution is 0.572. The van der Waals surface area contributed by atoms with E-state index in [2.05, 4.69) is 16.0 Å². The third-order valence-electron chi connectivity index (χ3n) is 2.67. The third-order valence-corrected chi connectivity index (χ3v) is 2.96. The Bertz CT molecular complexity index is 295. The fraction of sp³-hybridized carbons (Fsp3) is 0.545. The van der Waals surface area contributed by atoms with Gasteiger partial charge < -0.3 is 4.90 Å². The van der Waals surface area contributed by atoms with E-state index in [-0.39, 0.29) is 0 Å². The molecule has 0 bridgehead atoms. The normalized spacial score (nSPS) is 17.1. The van der Waals surface area contributed by atoms with E-state index >= 15 is 0 Å². The monoisotopic (exact) mass is 210 g/mol. The van der Waals surface area contributed by atoms with Crippen LogP contribution in [0.15, 0.2) is 18.3 Å². The lowest BCUT2D eigenvalue weighted by Crippen LogP contribution is -2.30. The van der Waals surface area contributed by atoms with Crippen molar-refractivity contribution in [2.24, 2.45) is 0 Å². The van der Waals surface area contributed by atoms with Crippen LogP contribution in [0.25, 0.3) is 0 Å². The molecule has 76 valence electrons. The van der Waals surface area contributed by atoms with Gasteiger partial charge in [0, 0.05) is 24.8 Å². The summed E-state index contributed by atoms with van der Waals surface area (Å²) in [6, 6.07) is 4.01. The van der Waals surface area contributed by atoms with Crippen LogP contribution in [0.2, 0.25) is 0 Å². The Labute approximate surface area is 89.9 Å². The molecule has 0 amide bonds. The third kappa shape index (κ3) is 2.01. The molecule has 0 spiro atoms. The van der Waals surface area contributed by atoms with E-state index in [9.17, 15) is 0 Å². The van der Waals surface area contributed by atoms with Gasteiger partial charge in [-0.2, -0.15) is 0 Å². The molecular weight excluding hydrogens is 196 g/mol. The van der Waals surface area contributed by atoms with Crippen LogP contribution in [0.3, 0.4) is 0 Å². The van der Waals surface area contributed by atoms with E-state index in [0.29, 0.717) is 5.88 Å². The minimum absolute atomic E-state index is 0.555. The van der Waals surface area contributed by atoms with Crippen molar-refractivity contribution in [1.29, 1.82) is 0 Å². The van der Waals surface area contributed by atoms with Gasteiger partial charge in [0.15, 0.2) is 0 Å². The summed E-state index contributed by atoms with van der Waals surface area (Å²) in [5.41, 5.74) is 1.15. The first kappa shape index (κ1) is 9.78. The zero-order chi connectivity index (χ0) is 9.80. The van der Waals surface area contributed by atoms with Gasteiger partial charge in [-0.05, 0) is 25.3 Å². The molecule has 14 heavy (non-hydrogen) atoms. The van der Waals surface area contributed by atoms with Gasteiger partial charge in [-0.3, -0.25) is 0 Å². The molecule has 2 rings (SSSR count). The Kier molecular flexibility index (Phi) is 3.25. The van der Waals surface area contributed by atoms with E-state index in [1.807, 2.05) is 12.3 Å². The van der Waals surface area contributed by atoms with Crippen LogP contribution in [-0.4, -0.2) is 18.1 Å². The Balaban J connectivity index is 2.20. The predicted octanol–water partition coefficient (Wildman–Crippen LogP) is 2.81. The van der Waals surface area contributed by atoms with Gasteiger partial charge in [-0.15, -0.1) is 11.6 Å². The molecule has 1 saturated heterocycles. The fourth-order valence-electron chi connectivity index (χ4n) is 1.93. The topological polar surface area (TPSA) is 16.1 Å². The van der Waals surface area contributed by atoms with Gasteiger partial charge in [-0.25, -0.2) is 4.98 Å². The largest absolute Gasteiger partial charge is 0.356 e. The van der Waals surface area contributed by atoms with Gasteiger partial charge >= 0.3 is 0 Å². The molecule has 0 radical (unpaired) electrons. The molecular formula is C11H15ClN2. The number of rotatable bonds is 2. The SMILES string of the molecule is ClCc1cccnc1N1CCCCC1. The minimum atomic E-state index is 0.555. The van der Waals surface area contributed by atoms with Crippen molar-refractivity contribution >= 4 is 17.4 Å². The van der Waals surface area contributed by atoms with Crippen molar-refractivity contribution in [1.82, 2.24) is 4.98 Å². The highest BCUT2D eigenvalue weighted by molar-refractivity contribution is 6.17. The van der Waals surface area contributed by atoms with Gasteiger partial charge in [0.2, 0.25) is 0 Å². The number of halogens is 1. The van der Waals surface area contributed by atoms with Crippen LogP contribution in [0.4, 0.5) is 5.82 Å². The fourth-order valence-corrected chi connectivity index (χ4v) is 2.13. The molecule has 0 aliphatic carbocycles. The number of nitrogens with zero attached hydrogens (tertiary/aromatic N) is 2. The molecule has 3 heteroatoms. The maximum absolute atomic E-state index is 5.88. The predicted molar refractivity (Wildman–Crippen MR) is 59.9 cm³/mol. The molecule has 0 saturated carbocycles. The van der Waals surface area contributed by atoms with Gasteiger partial charge in [0.25, 0.3) is 0 Å². The average Bonchev–Trinajstić information content (AvgIpc) is 2.30. The second-order valence-corrected chi connectivity index (χ2v) is 3.93. The molecule has 0 unspecified atom stereocenters. The zero-order valence-electron chi connectivity index (χ0n) is 8.25. The number of piperidine rings is 1. The summed E-state index contributed by atoms with van der Waals surface area (Å²) < 4.78 is 0. The van der Waals surface area contributed by atoms with Crippen molar-refractivity contribution < 1.29 is 0 Å². The summed E-state index contributed by atoms with van der Waals surface area (Å²) in [7, 11) is 0. The Morgan fingerprint density at radius 1 is 1.29 bits per heavy atom. The second kappa shape index (κ2) is 4.65. The maximum Gasteiger partial charge on any atom is 0.132 e. The Hall–Kier alpha value is -0.760. The maximum atomic E-state index is 5.88. The molecule has 0 N–H and O–H groups in total. The summed E-state index contributed by atoms with van der Waals surface area (Å²) in [6.45, 7) is 2.25. The number of hydrogen-bond donors (Lipinski definition) is 0. The molecule has 1 aliphatic heterocycles. The van der Waals surface area contributed by atoms with Crippen LogP contribution in [0, 0.1) is 0 Å². The average molecular weight is 211 g/mol. The van der Waals surface area contributed by atoms with Crippen molar-refractivity contribution in [2.75, 3.05) is 18.0 Å². The molecule has 1 fully saturated rings. The quantitative estimate of drug-likeness (QED) is 0.698. The van der Waals surface area contributed by atoms with Crippen molar-refractivity contribution in [2.45, 2.75) is 25.1 Å². The second-order valence-electron chi connectivity index (χ2n) is 3.67. The summed E-state index contributed by atoms with van der Waals surface area (Å²) in [5.74, 6) is 1.64. The van der Waals surface area contributed by atoms with Crippen LogP contribution >= 0.6 is 11.6 Å². The smallest absolute Gasteiger partial charge is 0.132 e. The number of alkyl halides is 1. The Morgan fingerprint density at radius 2 is 2.07 bits per heavy atom. The molecule has 1 aromatic heterocycles. The molecule has 2 heterocycles. The number of aromatic nitrogens is 1. The summed E-state index contributed by atoms with van der Waals surface area (Å²) in [6.07, 6.45) is 5.75. The first-order chi connectivity index (χ1) is 6.92. The summed E-state index contributed by atoms with van der Waals surface area (Å²) >= 11 is 5.88.